The number of nitrogens with one attached hydrogen (secondary N) is 1. The van der Waals surface area contributed by atoms with E-state index >= 15 is 0 Å². The molecule has 18 heavy (non-hydrogen) atoms. The van der Waals surface area contributed by atoms with Crippen LogP contribution in [-0.4, -0.2) is 18.3 Å². The fourth-order valence-corrected chi connectivity index (χ4v) is 2.04. The van der Waals surface area contributed by atoms with Crippen molar-refractivity contribution >= 4 is 11.6 Å². The highest BCUT2D eigenvalue weighted by Crippen LogP contribution is 2.21. The molecule has 0 atom stereocenters. The minimum atomic E-state index is -0.385. The van der Waals surface area contributed by atoms with E-state index in [0.29, 0.717) is 6.54 Å². The van der Waals surface area contributed by atoms with Gasteiger partial charge in [0.2, 0.25) is 0 Å². The molecule has 0 saturated carbocycles. The Balaban J connectivity index is 2.39. The van der Waals surface area contributed by atoms with Crippen LogP contribution < -0.4 is 5.32 Å². The first-order valence-electron chi connectivity index (χ1n) is 6.20. The highest BCUT2D eigenvalue weighted by atomic mass is 35.5. The van der Waals surface area contributed by atoms with Gasteiger partial charge in [-0.15, -0.1) is 0 Å². The van der Waals surface area contributed by atoms with Crippen LogP contribution in [0.1, 0.15) is 32.3 Å². The van der Waals surface area contributed by atoms with Crippen LogP contribution in [0.2, 0.25) is 5.02 Å². The van der Waals surface area contributed by atoms with E-state index in [4.69, 9.17) is 16.7 Å². The minimum Gasteiger partial charge on any atom is -0.396 e. The fourth-order valence-electron chi connectivity index (χ4n) is 1.84. The lowest BCUT2D eigenvalue weighted by atomic mass is 9.88. The molecule has 0 aliphatic carbocycles. The predicted molar refractivity (Wildman–Crippen MR) is 73.2 cm³/mol. The van der Waals surface area contributed by atoms with Crippen LogP contribution in [0.25, 0.3) is 0 Å². The molecule has 0 bridgehead atoms. The molecule has 0 saturated heterocycles. The Morgan fingerprint density at radius 2 is 2.11 bits per heavy atom. The summed E-state index contributed by atoms with van der Waals surface area (Å²) < 4.78 is 13.0. The van der Waals surface area contributed by atoms with Gasteiger partial charge in [-0.2, -0.15) is 0 Å². The van der Waals surface area contributed by atoms with E-state index in [0.717, 1.165) is 24.9 Å². The zero-order valence-corrected chi connectivity index (χ0v) is 11.7. The number of aliphatic hydroxyl groups is 1. The summed E-state index contributed by atoms with van der Waals surface area (Å²) in [6, 6.07) is 4.76. The van der Waals surface area contributed by atoms with Crippen molar-refractivity contribution in [3.8, 4) is 0 Å². The molecule has 0 fully saturated rings. The van der Waals surface area contributed by atoms with Crippen molar-refractivity contribution < 1.29 is 9.50 Å². The molecule has 1 rings (SSSR count). The van der Waals surface area contributed by atoms with Gasteiger partial charge in [-0.3, -0.25) is 0 Å². The van der Waals surface area contributed by atoms with Gasteiger partial charge in [0, 0.05) is 19.7 Å². The van der Waals surface area contributed by atoms with Crippen molar-refractivity contribution in [1.29, 1.82) is 0 Å². The first-order chi connectivity index (χ1) is 8.44. The normalized spacial score (nSPS) is 11.8. The standard InChI is InChI=1S/C14H21ClFNO/c1-14(2,6-3-7-18)10-17-9-11-4-5-13(16)12(15)8-11/h4-5,8,17-18H,3,6-7,9-10H2,1-2H3. The summed E-state index contributed by atoms with van der Waals surface area (Å²) in [5, 5.41) is 12.3. The number of benzene rings is 1. The van der Waals surface area contributed by atoms with E-state index in [1.54, 1.807) is 12.1 Å². The topological polar surface area (TPSA) is 32.3 Å². The Morgan fingerprint density at radius 1 is 1.39 bits per heavy atom. The van der Waals surface area contributed by atoms with Crippen LogP contribution in [0.15, 0.2) is 18.2 Å². The summed E-state index contributed by atoms with van der Waals surface area (Å²) in [7, 11) is 0. The smallest absolute Gasteiger partial charge is 0.141 e. The Morgan fingerprint density at radius 3 is 2.72 bits per heavy atom. The number of aliphatic hydroxyl groups excluding tert-OH is 1. The van der Waals surface area contributed by atoms with E-state index in [1.165, 1.54) is 6.07 Å². The third kappa shape index (κ3) is 5.34. The number of halogens is 2. The van der Waals surface area contributed by atoms with Crippen LogP contribution >= 0.6 is 11.6 Å². The minimum absolute atomic E-state index is 0.145. The first kappa shape index (κ1) is 15.4. The van der Waals surface area contributed by atoms with Crippen molar-refractivity contribution in [3.05, 3.63) is 34.6 Å². The largest absolute Gasteiger partial charge is 0.396 e. The monoisotopic (exact) mass is 273 g/mol. The summed E-state index contributed by atoms with van der Waals surface area (Å²) in [6.45, 7) is 6.07. The first-order valence-corrected chi connectivity index (χ1v) is 6.58. The van der Waals surface area contributed by atoms with Crippen molar-refractivity contribution in [2.24, 2.45) is 5.41 Å². The highest BCUT2D eigenvalue weighted by molar-refractivity contribution is 6.30. The third-order valence-electron chi connectivity index (χ3n) is 2.93. The Kier molecular flexibility index (Phi) is 6.06. The molecule has 2 N–H and O–H groups in total. The summed E-state index contributed by atoms with van der Waals surface area (Å²) in [4.78, 5) is 0. The average Bonchev–Trinajstić information content (AvgIpc) is 2.31. The maximum Gasteiger partial charge on any atom is 0.141 e. The molecule has 4 heteroatoms. The zero-order valence-electron chi connectivity index (χ0n) is 11.0. The number of hydrogen-bond acceptors (Lipinski definition) is 2. The molecule has 0 heterocycles. The lowest BCUT2D eigenvalue weighted by Gasteiger charge is -2.24. The molecule has 0 aliphatic rings. The SMILES string of the molecule is CC(C)(CCCO)CNCc1ccc(F)c(Cl)c1. The van der Waals surface area contributed by atoms with Gasteiger partial charge in [-0.25, -0.2) is 4.39 Å². The molecule has 0 radical (unpaired) electrons. The quantitative estimate of drug-likeness (QED) is 0.798. The lowest BCUT2D eigenvalue weighted by Crippen LogP contribution is -2.29. The van der Waals surface area contributed by atoms with E-state index in [9.17, 15) is 4.39 Å². The molecule has 0 aliphatic heterocycles. The molecule has 1 aromatic rings. The molecule has 1 aromatic carbocycles. The fraction of sp³-hybridized carbons (Fsp3) is 0.571. The zero-order chi connectivity index (χ0) is 13.6. The summed E-state index contributed by atoms with van der Waals surface area (Å²) in [5.41, 5.74) is 1.12. The molecule has 0 spiro atoms. The van der Waals surface area contributed by atoms with Gasteiger partial charge in [0.15, 0.2) is 0 Å². The second-order valence-electron chi connectivity index (χ2n) is 5.34. The van der Waals surface area contributed by atoms with Crippen LogP contribution in [-0.2, 0) is 6.54 Å². The summed E-state index contributed by atoms with van der Waals surface area (Å²) >= 11 is 5.72. The summed E-state index contributed by atoms with van der Waals surface area (Å²) in [5.74, 6) is -0.385. The van der Waals surface area contributed by atoms with Gasteiger partial charge in [0.1, 0.15) is 5.82 Å². The van der Waals surface area contributed by atoms with Gasteiger partial charge in [0.25, 0.3) is 0 Å². The lowest BCUT2D eigenvalue weighted by molar-refractivity contribution is 0.236. The van der Waals surface area contributed by atoms with Crippen molar-refractivity contribution in [1.82, 2.24) is 5.32 Å². The van der Waals surface area contributed by atoms with Gasteiger partial charge in [-0.05, 0) is 36.0 Å². The molecule has 102 valence electrons. The van der Waals surface area contributed by atoms with Crippen molar-refractivity contribution in [3.63, 3.8) is 0 Å². The molecule has 0 amide bonds. The van der Waals surface area contributed by atoms with Crippen LogP contribution in [0.5, 0.6) is 0 Å². The molecular formula is C14H21ClFNO. The van der Waals surface area contributed by atoms with E-state index in [-0.39, 0.29) is 22.9 Å². The molecule has 0 aromatic heterocycles. The average molecular weight is 274 g/mol. The van der Waals surface area contributed by atoms with Crippen molar-refractivity contribution in [2.45, 2.75) is 33.2 Å². The maximum absolute atomic E-state index is 13.0. The second kappa shape index (κ2) is 7.07. The van der Waals surface area contributed by atoms with Gasteiger partial charge < -0.3 is 10.4 Å². The van der Waals surface area contributed by atoms with Crippen LogP contribution in [0, 0.1) is 11.2 Å². The molecular weight excluding hydrogens is 253 g/mol. The van der Waals surface area contributed by atoms with E-state index in [2.05, 4.69) is 19.2 Å². The Hall–Kier alpha value is -0.640. The van der Waals surface area contributed by atoms with E-state index in [1.807, 2.05) is 0 Å². The Labute approximate surface area is 113 Å². The van der Waals surface area contributed by atoms with E-state index < -0.39 is 0 Å². The third-order valence-corrected chi connectivity index (χ3v) is 3.22. The predicted octanol–water partition coefficient (Wildman–Crippen LogP) is 3.37. The van der Waals surface area contributed by atoms with Gasteiger partial charge in [0.05, 0.1) is 5.02 Å². The van der Waals surface area contributed by atoms with Crippen LogP contribution in [0.4, 0.5) is 4.39 Å². The van der Waals surface area contributed by atoms with Gasteiger partial charge >= 0.3 is 0 Å². The second-order valence-corrected chi connectivity index (χ2v) is 5.75. The highest BCUT2D eigenvalue weighted by Gasteiger charge is 2.16. The van der Waals surface area contributed by atoms with Crippen molar-refractivity contribution in [2.75, 3.05) is 13.2 Å². The summed E-state index contributed by atoms with van der Waals surface area (Å²) in [6.07, 6.45) is 1.79. The van der Waals surface area contributed by atoms with Crippen LogP contribution in [0.3, 0.4) is 0 Å². The number of hydrogen-bond donors (Lipinski definition) is 2. The number of rotatable bonds is 7. The molecule has 0 unspecified atom stereocenters. The Bertz CT molecular complexity index is 382. The van der Waals surface area contributed by atoms with Gasteiger partial charge in [-0.1, -0.05) is 31.5 Å². The maximum atomic E-state index is 13.0. The molecule has 2 nitrogen and oxygen atoms in total.